The van der Waals surface area contributed by atoms with Crippen LogP contribution in [0.25, 0.3) is 5.57 Å². The summed E-state index contributed by atoms with van der Waals surface area (Å²) in [5.74, 6) is -0.206. The zero-order valence-electron chi connectivity index (χ0n) is 22.1. The number of hydrogen-bond donors (Lipinski definition) is 2. The third-order valence-corrected chi connectivity index (χ3v) is 9.43. The third kappa shape index (κ3) is 5.99. The Kier molecular flexibility index (Phi) is 7.80. The fourth-order valence-corrected chi connectivity index (χ4v) is 7.18. The van der Waals surface area contributed by atoms with Gasteiger partial charge in [0.05, 0.1) is 28.1 Å². The maximum atomic E-state index is 14.0. The lowest BCUT2D eigenvalue weighted by atomic mass is 9.96. The number of halogens is 4. The zero-order valence-corrected chi connectivity index (χ0v) is 23.7. The standard InChI is InChI=1S/C29H29ClF3N5O2S/c30-20-5-3-18(24(14-20)29(31,32)33)13-23(17-4-6-25-19(12-17)15-34-36-25)26-27(40)35-28(41-26)37-10-7-21(8-11-37)38-9-1-2-22(39)16-38/h3-6,12,14-15,21-22,39-40H,1-2,7-11,13,16H2. The lowest BCUT2D eigenvalue weighted by Gasteiger charge is -2.41. The van der Waals surface area contributed by atoms with Crippen molar-refractivity contribution < 1.29 is 23.4 Å². The molecule has 216 valence electrons. The van der Waals surface area contributed by atoms with Crippen molar-refractivity contribution in [1.82, 2.24) is 9.88 Å². The molecule has 7 nitrogen and oxygen atoms in total. The van der Waals surface area contributed by atoms with E-state index in [0.29, 0.717) is 38.7 Å². The fourth-order valence-electron chi connectivity index (χ4n) is 5.93. The van der Waals surface area contributed by atoms with Gasteiger partial charge in [-0.1, -0.05) is 35.1 Å². The lowest BCUT2D eigenvalue weighted by molar-refractivity contribution is -0.138. The summed E-state index contributed by atoms with van der Waals surface area (Å²) in [6.07, 6.45) is 0.310. The van der Waals surface area contributed by atoms with E-state index in [4.69, 9.17) is 11.6 Å². The van der Waals surface area contributed by atoms with Crippen molar-refractivity contribution in [2.75, 3.05) is 31.1 Å². The quantitative estimate of drug-likeness (QED) is 0.453. The van der Waals surface area contributed by atoms with Crippen LogP contribution in [0.2, 0.25) is 5.02 Å². The first-order chi connectivity index (χ1) is 19.7. The van der Waals surface area contributed by atoms with Gasteiger partial charge in [-0.15, -0.1) is 0 Å². The Hall–Kier alpha value is -2.99. The summed E-state index contributed by atoms with van der Waals surface area (Å²) in [4.78, 5) is 9.39. The van der Waals surface area contributed by atoms with E-state index in [1.807, 2.05) is 6.07 Å². The lowest BCUT2D eigenvalue weighted by Crippen LogP contribution is -2.49. The van der Waals surface area contributed by atoms with Crippen LogP contribution >= 0.6 is 22.9 Å². The smallest absolute Gasteiger partial charge is 0.416 e. The number of thiazole rings is 1. The second kappa shape index (κ2) is 11.4. The molecular weight excluding hydrogens is 575 g/mol. The first-order valence-corrected chi connectivity index (χ1v) is 14.8. The number of nitrogens with zero attached hydrogens (tertiary/aromatic N) is 5. The molecule has 12 heteroatoms. The Bertz CT molecular complexity index is 1600. The van der Waals surface area contributed by atoms with Crippen molar-refractivity contribution in [3.05, 3.63) is 73.6 Å². The first kappa shape index (κ1) is 28.1. The normalized spacial score (nSPS) is 20.7. The van der Waals surface area contributed by atoms with Gasteiger partial charge in [0.1, 0.15) is 0 Å². The highest BCUT2D eigenvalue weighted by molar-refractivity contribution is 7.17. The largest absolute Gasteiger partial charge is 0.492 e. The van der Waals surface area contributed by atoms with E-state index in [2.05, 4.69) is 25.0 Å². The summed E-state index contributed by atoms with van der Waals surface area (Å²) in [5.41, 5.74) is 0.518. The number of likely N-dealkylation sites (tertiary alicyclic amines) is 1. The highest BCUT2D eigenvalue weighted by Crippen LogP contribution is 2.40. The van der Waals surface area contributed by atoms with Gasteiger partial charge in [-0.05, 0) is 72.8 Å². The van der Waals surface area contributed by atoms with Crippen molar-refractivity contribution in [1.29, 1.82) is 0 Å². The number of β-amino-alcohol motifs (C(OH)–C–C–N with tert-alkyl or cyclic N) is 1. The first-order valence-electron chi connectivity index (χ1n) is 13.6. The molecule has 2 N–H and O–H groups in total. The SMILES string of the molecule is Oc1nc(N2CCC(N3CCCC(O)C3)CC2)sc1C(Cc1ccc(Cl)cc1C(F)(F)F)=c1ccc2c(c1)C=NN=2. The van der Waals surface area contributed by atoms with Crippen molar-refractivity contribution in [2.24, 2.45) is 10.2 Å². The number of rotatable bonds is 5. The highest BCUT2D eigenvalue weighted by Gasteiger charge is 2.34. The molecule has 3 aromatic rings. The molecule has 41 heavy (non-hydrogen) atoms. The number of aromatic nitrogens is 1. The van der Waals surface area contributed by atoms with Crippen LogP contribution < -0.4 is 15.5 Å². The maximum Gasteiger partial charge on any atom is 0.416 e. The molecule has 1 aromatic heterocycles. The van der Waals surface area contributed by atoms with E-state index >= 15 is 0 Å². The van der Waals surface area contributed by atoms with E-state index in [9.17, 15) is 23.4 Å². The van der Waals surface area contributed by atoms with E-state index in [0.717, 1.165) is 56.9 Å². The number of benzene rings is 2. The molecule has 3 aliphatic rings. The summed E-state index contributed by atoms with van der Waals surface area (Å²) in [5, 5.41) is 31.1. The van der Waals surface area contributed by atoms with Gasteiger partial charge in [-0.3, -0.25) is 4.90 Å². The molecule has 0 amide bonds. The predicted molar refractivity (Wildman–Crippen MR) is 153 cm³/mol. The van der Waals surface area contributed by atoms with Crippen molar-refractivity contribution in [2.45, 2.75) is 50.4 Å². The van der Waals surface area contributed by atoms with Crippen LogP contribution in [0.4, 0.5) is 18.3 Å². The summed E-state index contributed by atoms with van der Waals surface area (Å²) in [6, 6.07) is 9.54. The van der Waals surface area contributed by atoms with Gasteiger partial charge in [-0.25, -0.2) is 0 Å². The minimum absolute atomic E-state index is 0.00312. The minimum Gasteiger partial charge on any atom is -0.492 e. The summed E-state index contributed by atoms with van der Waals surface area (Å²) in [7, 11) is 0. The molecule has 0 spiro atoms. The van der Waals surface area contributed by atoms with Crippen molar-refractivity contribution in [3.63, 3.8) is 0 Å². The Morgan fingerprint density at radius 3 is 2.63 bits per heavy atom. The van der Waals surface area contributed by atoms with Crippen LogP contribution in [0.1, 0.15) is 47.3 Å². The van der Waals surface area contributed by atoms with Crippen molar-refractivity contribution in [3.8, 4) is 5.88 Å². The number of aromatic hydroxyl groups is 1. The van der Waals surface area contributed by atoms with Crippen LogP contribution in [0, 0.1) is 0 Å². The Morgan fingerprint density at radius 1 is 1.07 bits per heavy atom. The molecule has 1 atom stereocenters. The van der Waals surface area contributed by atoms with Crippen LogP contribution in [-0.2, 0) is 12.6 Å². The van der Waals surface area contributed by atoms with Crippen LogP contribution in [-0.4, -0.2) is 64.6 Å². The average molecular weight is 604 g/mol. The van der Waals surface area contributed by atoms with E-state index < -0.39 is 11.7 Å². The number of aliphatic hydroxyl groups excluding tert-OH is 1. The Labute approximate surface area is 243 Å². The number of aliphatic hydroxyl groups is 1. The molecule has 1 unspecified atom stereocenters. The van der Waals surface area contributed by atoms with Gasteiger partial charge in [0.2, 0.25) is 5.88 Å². The molecule has 2 aromatic carbocycles. The van der Waals surface area contributed by atoms with Crippen LogP contribution in [0.5, 0.6) is 5.88 Å². The Balaban J connectivity index is 1.34. The number of fused-ring (bicyclic) bond motifs is 1. The van der Waals surface area contributed by atoms with E-state index in [-0.39, 0.29) is 29.0 Å². The molecule has 3 aliphatic heterocycles. The summed E-state index contributed by atoms with van der Waals surface area (Å²) >= 11 is 7.22. The van der Waals surface area contributed by atoms with Gasteiger partial charge in [0.15, 0.2) is 5.13 Å². The highest BCUT2D eigenvalue weighted by atomic mass is 35.5. The predicted octanol–water partition coefficient (Wildman–Crippen LogP) is 4.36. The van der Waals surface area contributed by atoms with E-state index in [1.54, 1.807) is 18.3 Å². The molecule has 0 aliphatic carbocycles. The van der Waals surface area contributed by atoms with Gasteiger partial charge in [0, 0.05) is 42.7 Å². The van der Waals surface area contributed by atoms with Crippen molar-refractivity contribution >= 4 is 39.9 Å². The molecule has 4 heterocycles. The molecule has 2 saturated heterocycles. The number of hydrogen-bond acceptors (Lipinski definition) is 8. The molecule has 2 fully saturated rings. The Morgan fingerprint density at radius 2 is 1.88 bits per heavy atom. The van der Waals surface area contributed by atoms with Crippen LogP contribution in [0.3, 0.4) is 0 Å². The molecule has 0 bridgehead atoms. The van der Waals surface area contributed by atoms with Crippen LogP contribution in [0.15, 0.2) is 46.6 Å². The molecule has 0 saturated carbocycles. The summed E-state index contributed by atoms with van der Waals surface area (Å²) in [6.45, 7) is 3.18. The van der Waals surface area contributed by atoms with Gasteiger partial charge >= 0.3 is 6.18 Å². The fraction of sp³-hybridized carbons (Fsp3) is 0.414. The van der Waals surface area contributed by atoms with Gasteiger partial charge < -0.3 is 15.1 Å². The molecule has 0 radical (unpaired) electrons. The molecule has 6 rings (SSSR count). The second-order valence-corrected chi connectivity index (χ2v) is 12.1. The summed E-state index contributed by atoms with van der Waals surface area (Å²) < 4.78 is 42.0. The van der Waals surface area contributed by atoms with E-state index in [1.165, 1.54) is 23.5 Å². The minimum atomic E-state index is -4.59. The van der Waals surface area contributed by atoms with Gasteiger partial charge in [-0.2, -0.15) is 28.4 Å². The topological polar surface area (TPSA) is 84.6 Å². The number of anilines is 1. The number of piperidine rings is 2. The second-order valence-electron chi connectivity index (χ2n) is 10.7. The van der Waals surface area contributed by atoms with Gasteiger partial charge in [0.25, 0.3) is 0 Å². The maximum absolute atomic E-state index is 14.0. The third-order valence-electron chi connectivity index (χ3n) is 8.03. The monoisotopic (exact) mass is 603 g/mol. The molecular formula is C29H29ClF3N5O2S. The number of alkyl halides is 3. The average Bonchev–Trinajstić information content (AvgIpc) is 3.58. The zero-order chi connectivity index (χ0) is 28.7.